The van der Waals surface area contributed by atoms with Gasteiger partial charge >= 0.3 is 0 Å². The van der Waals surface area contributed by atoms with Crippen molar-refractivity contribution in [2.24, 2.45) is 11.8 Å². The van der Waals surface area contributed by atoms with Gasteiger partial charge in [-0.3, -0.25) is 14.5 Å². The number of nitrogens with zero attached hydrogens (tertiary/aromatic N) is 1. The Morgan fingerprint density at radius 3 is 2.35 bits per heavy atom. The zero-order valence-corrected chi connectivity index (χ0v) is 28.7. The fourth-order valence-electron chi connectivity index (χ4n) is 7.82. The van der Waals surface area contributed by atoms with Gasteiger partial charge in [0, 0.05) is 40.9 Å². The van der Waals surface area contributed by atoms with Crippen molar-refractivity contribution in [2.45, 2.75) is 109 Å². The molecule has 8 heteroatoms. The van der Waals surface area contributed by atoms with Gasteiger partial charge in [-0.1, -0.05) is 74.4 Å². The van der Waals surface area contributed by atoms with Crippen molar-refractivity contribution >= 4 is 17.5 Å². The standard InChI is InChI=1S/C40H51N3O5/c1-26-35(24-43-33-16-9-8-11-28(33)21-22-34(43)38(46)42-40(2,3)4)47-39(48-36(26)29-19-17-27(25-44)18-20-29)31-14-10-15-32(23-31)41-37(45)30-12-6-5-7-13-30/h5-7,10,12-15,17-20,23,26,28,33-36,39,44H,8-9,11,16,21-22,24-25H2,1-4H3,(H,41,45)(H,42,46)/t26-,28+,33+,34+,35+,36+,39+/m0/s1. The summed E-state index contributed by atoms with van der Waals surface area (Å²) in [6.07, 6.45) is 5.48. The fourth-order valence-corrected chi connectivity index (χ4v) is 7.82. The normalized spacial score (nSPS) is 27.9. The molecule has 1 aliphatic carbocycles. The van der Waals surface area contributed by atoms with Crippen LogP contribution in [0.25, 0.3) is 0 Å². The van der Waals surface area contributed by atoms with Crippen molar-refractivity contribution in [1.29, 1.82) is 0 Å². The lowest BCUT2D eigenvalue weighted by atomic mass is 9.75. The minimum atomic E-state index is -0.684. The van der Waals surface area contributed by atoms with Gasteiger partial charge in [0.15, 0.2) is 6.29 Å². The Labute approximate surface area is 285 Å². The average Bonchev–Trinajstić information content (AvgIpc) is 3.09. The first-order chi connectivity index (χ1) is 23.1. The number of nitrogens with one attached hydrogen (secondary N) is 2. The molecular formula is C40H51N3O5. The van der Waals surface area contributed by atoms with E-state index < -0.39 is 6.29 Å². The second-order valence-corrected chi connectivity index (χ2v) is 14.9. The summed E-state index contributed by atoms with van der Waals surface area (Å²) < 4.78 is 13.6. The highest BCUT2D eigenvalue weighted by molar-refractivity contribution is 6.04. The first-order valence-corrected chi connectivity index (χ1v) is 17.6. The van der Waals surface area contributed by atoms with Crippen molar-refractivity contribution in [2.75, 3.05) is 11.9 Å². The molecule has 8 nitrogen and oxygen atoms in total. The van der Waals surface area contributed by atoms with E-state index in [9.17, 15) is 14.7 Å². The van der Waals surface area contributed by atoms with Crippen LogP contribution in [0, 0.1) is 11.8 Å². The first-order valence-electron chi connectivity index (χ1n) is 17.6. The van der Waals surface area contributed by atoms with E-state index in [0.717, 1.165) is 36.0 Å². The van der Waals surface area contributed by atoms with Crippen molar-refractivity contribution in [3.63, 3.8) is 0 Å². The third kappa shape index (κ3) is 8.00. The van der Waals surface area contributed by atoms with Crippen molar-refractivity contribution < 1.29 is 24.2 Å². The smallest absolute Gasteiger partial charge is 0.255 e. The number of amides is 2. The second-order valence-electron chi connectivity index (χ2n) is 14.9. The first kappa shape index (κ1) is 34.3. The Balaban J connectivity index is 1.30. The Morgan fingerprint density at radius 2 is 1.62 bits per heavy atom. The summed E-state index contributed by atoms with van der Waals surface area (Å²) in [4.78, 5) is 29.2. The minimum Gasteiger partial charge on any atom is -0.392 e. The van der Waals surface area contributed by atoms with Crippen LogP contribution in [-0.4, -0.2) is 52.1 Å². The minimum absolute atomic E-state index is 0.0162. The molecule has 7 atom stereocenters. The van der Waals surface area contributed by atoms with Crippen LogP contribution < -0.4 is 10.6 Å². The van der Waals surface area contributed by atoms with Crippen LogP contribution in [0.15, 0.2) is 78.9 Å². The largest absolute Gasteiger partial charge is 0.392 e. The molecule has 6 rings (SSSR count). The number of aliphatic hydroxyl groups excluding tert-OH is 1. The molecule has 0 bridgehead atoms. The summed E-state index contributed by atoms with van der Waals surface area (Å²) in [6.45, 7) is 8.90. The molecule has 256 valence electrons. The molecule has 3 aliphatic rings. The lowest BCUT2D eigenvalue weighted by Gasteiger charge is -2.51. The number of fused-ring (bicyclic) bond motifs is 1. The summed E-state index contributed by atoms with van der Waals surface area (Å²) in [5, 5.41) is 16.0. The van der Waals surface area contributed by atoms with Crippen LogP contribution in [-0.2, 0) is 20.9 Å². The molecule has 0 radical (unpaired) electrons. The molecule has 3 aromatic rings. The molecule has 3 aromatic carbocycles. The number of benzene rings is 3. The molecule has 3 fully saturated rings. The number of hydrogen-bond acceptors (Lipinski definition) is 6. The summed E-state index contributed by atoms with van der Waals surface area (Å²) in [5.41, 5.74) is 3.60. The molecule has 2 saturated heterocycles. The maximum absolute atomic E-state index is 13.8. The maximum Gasteiger partial charge on any atom is 0.255 e. The highest BCUT2D eigenvalue weighted by atomic mass is 16.7. The van der Waals surface area contributed by atoms with Gasteiger partial charge in [-0.25, -0.2) is 0 Å². The number of ether oxygens (including phenoxy) is 2. The van der Waals surface area contributed by atoms with E-state index in [4.69, 9.17) is 9.47 Å². The predicted octanol–water partition coefficient (Wildman–Crippen LogP) is 7.16. The molecule has 0 aromatic heterocycles. The number of anilines is 1. The zero-order valence-electron chi connectivity index (χ0n) is 28.7. The van der Waals surface area contributed by atoms with E-state index in [0.29, 0.717) is 29.8 Å². The molecule has 2 amide bonds. The molecule has 0 spiro atoms. The number of hydrogen-bond donors (Lipinski definition) is 3. The van der Waals surface area contributed by atoms with Crippen LogP contribution in [0.4, 0.5) is 5.69 Å². The molecule has 3 N–H and O–H groups in total. The number of aliphatic hydroxyl groups is 1. The van der Waals surface area contributed by atoms with Gasteiger partial charge in [-0.15, -0.1) is 0 Å². The summed E-state index contributed by atoms with van der Waals surface area (Å²) >= 11 is 0. The van der Waals surface area contributed by atoms with E-state index in [1.807, 2.05) is 87.5 Å². The van der Waals surface area contributed by atoms with Gasteiger partial charge < -0.3 is 25.2 Å². The Kier molecular flexibility index (Phi) is 10.7. The van der Waals surface area contributed by atoms with Crippen LogP contribution in [0.2, 0.25) is 0 Å². The molecule has 0 unspecified atom stereocenters. The van der Waals surface area contributed by atoms with Crippen LogP contribution in [0.5, 0.6) is 0 Å². The number of likely N-dealkylation sites (tertiary alicyclic amines) is 1. The van der Waals surface area contributed by atoms with E-state index in [1.165, 1.54) is 19.3 Å². The lowest BCUT2D eigenvalue weighted by Crippen LogP contribution is -2.61. The van der Waals surface area contributed by atoms with E-state index in [1.54, 1.807) is 12.1 Å². The SMILES string of the molecule is C[C@H]1[C@@H](CN2[C@@H](C(=O)NC(C)(C)C)CC[C@H]3CCCC[C@H]32)O[C@@H](c2cccc(NC(=O)c3ccccc3)c2)O[C@H]1c1ccc(CO)cc1. The van der Waals surface area contributed by atoms with E-state index in [2.05, 4.69) is 22.5 Å². The monoisotopic (exact) mass is 653 g/mol. The van der Waals surface area contributed by atoms with Crippen LogP contribution in [0.1, 0.15) is 106 Å². The van der Waals surface area contributed by atoms with Crippen molar-refractivity contribution in [3.05, 3.63) is 101 Å². The Morgan fingerprint density at radius 1 is 0.875 bits per heavy atom. The summed E-state index contributed by atoms with van der Waals surface area (Å²) in [6, 6.07) is 24.9. The second kappa shape index (κ2) is 14.9. The molecule has 2 aliphatic heterocycles. The summed E-state index contributed by atoms with van der Waals surface area (Å²) in [5.74, 6) is 0.492. The third-order valence-corrected chi connectivity index (χ3v) is 10.3. The van der Waals surface area contributed by atoms with E-state index in [-0.39, 0.29) is 48.1 Å². The number of rotatable bonds is 8. The molecule has 2 heterocycles. The third-order valence-electron chi connectivity index (χ3n) is 10.3. The van der Waals surface area contributed by atoms with Gasteiger partial charge in [0.2, 0.25) is 5.91 Å². The lowest BCUT2D eigenvalue weighted by molar-refractivity contribution is -0.278. The molecule has 48 heavy (non-hydrogen) atoms. The number of carbonyl (C=O) groups excluding carboxylic acids is 2. The zero-order chi connectivity index (χ0) is 33.8. The highest BCUT2D eigenvalue weighted by Gasteiger charge is 2.46. The van der Waals surface area contributed by atoms with Gasteiger partial charge in [0.1, 0.15) is 0 Å². The average molecular weight is 654 g/mol. The number of piperidine rings is 1. The van der Waals surface area contributed by atoms with E-state index >= 15 is 0 Å². The van der Waals surface area contributed by atoms with Crippen molar-refractivity contribution in [3.8, 4) is 0 Å². The number of carbonyl (C=O) groups is 2. The summed E-state index contributed by atoms with van der Waals surface area (Å²) in [7, 11) is 0. The van der Waals surface area contributed by atoms with Gasteiger partial charge in [0.25, 0.3) is 5.91 Å². The predicted molar refractivity (Wildman–Crippen MR) is 187 cm³/mol. The van der Waals surface area contributed by atoms with Gasteiger partial charge in [-0.2, -0.15) is 0 Å². The molecular weight excluding hydrogens is 602 g/mol. The Hall–Kier alpha value is -3.56. The maximum atomic E-state index is 13.8. The fraction of sp³-hybridized carbons (Fsp3) is 0.500. The van der Waals surface area contributed by atoms with Crippen LogP contribution in [0.3, 0.4) is 0 Å². The van der Waals surface area contributed by atoms with Crippen molar-refractivity contribution in [1.82, 2.24) is 10.2 Å². The Bertz CT molecular complexity index is 1540. The topological polar surface area (TPSA) is 100 Å². The van der Waals surface area contributed by atoms with Gasteiger partial charge in [0.05, 0.1) is 24.9 Å². The quantitative estimate of drug-likeness (QED) is 0.239. The molecule has 1 saturated carbocycles. The highest BCUT2D eigenvalue weighted by Crippen LogP contribution is 2.44. The van der Waals surface area contributed by atoms with Gasteiger partial charge in [-0.05, 0) is 87.8 Å². The van der Waals surface area contributed by atoms with Crippen LogP contribution >= 0.6 is 0 Å².